The molecule has 3 heterocycles. The van der Waals surface area contributed by atoms with E-state index < -0.39 is 0 Å². The fraction of sp³-hybridized carbons (Fsp3) is 0.368. The van der Waals surface area contributed by atoms with E-state index in [1.807, 2.05) is 13.1 Å². The summed E-state index contributed by atoms with van der Waals surface area (Å²) in [5.41, 5.74) is 5.21. The number of amides is 1. The molecule has 6 heteroatoms. The Labute approximate surface area is 146 Å². The molecule has 0 aliphatic carbocycles. The van der Waals surface area contributed by atoms with Crippen LogP contribution in [-0.2, 0) is 19.5 Å². The van der Waals surface area contributed by atoms with Gasteiger partial charge in [-0.1, -0.05) is 0 Å². The molecule has 0 saturated heterocycles. The quantitative estimate of drug-likeness (QED) is 0.891. The lowest BCUT2D eigenvalue weighted by atomic mass is 9.96. The topological polar surface area (TPSA) is 72.5 Å². The Morgan fingerprint density at radius 3 is 3.00 bits per heavy atom. The standard InChI is InChI=1S/C19H21N3O3/c1-12-16(15-4-5-20-9-14(15)10-21-12)11-22-19(23)13-2-3-17-18(8-13)25-7-6-24-17/h2-3,8,10,20H,4-7,9,11H2,1H3,(H,22,23). The Kier molecular flexibility index (Phi) is 4.28. The van der Waals surface area contributed by atoms with Crippen LogP contribution in [0.5, 0.6) is 11.5 Å². The van der Waals surface area contributed by atoms with Crippen LogP contribution in [0.4, 0.5) is 0 Å². The molecule has 0 unspecified atom stereocenters. The van der Waals surface area contributed by atoms with Crippen molar-refractivity contribution in [2.75, 3.05) is 19.8 Å². The van der Waals surface area contributed by atoms with Gasteiger partial charge in [0.2, 0.25) is 0 Å². The second-order valence-electron chi connectivity index (χ2n) is 6.29. The maximum absolute atomic E-state index is 12.5. The number of nitrogens with one attached hydrogen (secondary N) is 2. The molecule has 1 amide bonds. The molecular weight excluding hydrogens is 318 g/mol. The summed E-state index contributed by atoms with van der Waals surface area (Å²) in [6.07, 6.45) is 2.90. The lowest BCUT2D eigenvalue weighted by Gasteiger charge is -2.22. The molecule has 2 aliphatic rings. The average molecular weight is 339 g/mol. The van der Waals surface area contributed by atoms with Crippen molar-refractivity contribution in [3.05, 3.63) is 52.3 Å². The number of nitrogens with zero attached hydrogens (tertiary/aromatic N) is 1. The number of carbonyl (C=O) groups is 1. The number of carbonyl (C=O) groups excluding carboxylic acids is 1. The van der Waals surface area contributed by atoms with Crippen molar-refractivity contribution in [3.63, 3.8) is 0 Å². The fourth-order valence-corrected chi connectivity index (χ4v) is 3.33. The van der Waals surface area contributed by atoms with E-state index in [1.54, 1.807) is 18.2 Å². The molecule has 25 heavy (non-hydrogen) atoms. The zero-order valence-electron chi connectivity index (χ0n) is 14.2. The summed E-state index contributed by atoms with van der Waals surface area (Å²) in [7, 11) is 0. The number of benzene rings is 1. The number of hydrogen-bond donors (Lipinski definition) is 2. The predicted octanol–water partition coefficient (Wildman–Crippen LogP) is 1.74. The van der Waals surface area contributed by atoms with E-state index >= 15 is 0 Å². The normalized spacial score (nSPS) is 15.4. The van der Waals surface area contributed by atoms with Crippen LogP contribution in [0.15, 0.2) is 24.4 Å². The van der Waals surface area contributed by atoms with Gasteiger partial charge in [0.1, 0.15) is 13.2 Å². The van der Waals surface area contributed by atoms with Crippen molar-refractivity contribution in [1.29, 1.82) is 0 Å². The molecule has 0 saturated carbocycles. The number of rotatable bonds is 3. The fourth-order valence-electron chi connectivity index (χ4n) is 3.33. The number of ether oxygens (including phenoxy) is 2. The molecule has 0 bridgehead atoms. The van der Waals surface area contributed by atoms with Crippen molar-refractivity contribution < 1.29 is 14.3 Å². The summed E-state index contributed by atoms with van der Waals surface area (Å²) in [4.78, 5) is 17.0. The van der Waals surface area contributed by atoms with Crippen LogP contribution < -0.4 is 20.1 Å². The molecule has 2 N–H and O–H groups in total. The largest absolute Gasteiger partial charge is 0.486 e. The first kappa shape index (κ1) is 15.9. The van der Waals surface area contributed by atoms with Crippen LogP contribution in [0.3, 0.4) is 0 Å². The van der Waals surface area contributed by atoms with Gasteiger partial charge in [0.05, 0.1) is 0 Å². The molecule has 0 spiro atoms. The Balaban J connectivity index is 1.51. The molecule has 130 valence electrons. The van der Waals surface area contributed by atoms with Gasteiger partial charge in [-0.3, -0.25) is 9.78 Å². The van der Waals surface area contributed by atoms with Gasteiger partial charge < -0.3 is 20.1 Å². The van der Waals surface area contributed by atoms with E-state index in [0.29, 0.717) is 36.8 Å². The minimum atomic E-state index is -0.122. The molecule has 2 aliphatic heterocycles. The average Bonchev–Trinajstić information content (AvgIpc) is 2.66. The van der Waals surface area contributed by atoms with E-state index in [1.165, 1.54) is 11.1 Å². The summed E-state index contributed by atoms with van der Waals surface area (Å²) in [5, 5.41) is 6.37. The van der Waals surface area contributed by atoms with Gasteiger partial charge in [0.25, 0.3) is 5.91 Å². The highest BCUT2D eigenvalue weighted by Crippen LogP contribution is 2.30. The number of aromatic nitrogens is 1. The minimum Gasteiger partial charge on any atom is -0.486 e. The molecule has 0 fully saturated rings. The zero-order valence-corrected chi connectivity index (χ0v) is 14.2. The third-order valence-electron chi connectivity index (χ3n) is 4.70. The van der Waals surface area contributed by atoms with E-state index in [2.05, 4.69) is 15.6 Å². The van der Waals surface area contributed by atoms with Gasteiger partial charge >= 0.3 is 0 Å². The van der Waals surface area contributed by atoms with Crippen molar-refractivity contribution in [2.24, 2.45) is 0 Å². The van der Waals surface area contributed by atoms with Crippen molar-refractivity contribution in [2.45, 2.75) is 26.4 Å². The van der Waals surface area contributed by atoms with Crippen molar-refractivity contribution >= 4 is 5.91 Å². The number of hydrogen-bond acceptors (Lipinski definition) is 5. The smallest absolute Gasteiger partial charge is 0.251 e. The summed E-state index contributed by atoms with van der Waals surface area (Å²) in [6, 6.07) is 5.28. The van der Waals surface area contributed by atoms with Crippen LogP contribution in [0.1, 0.15) is 32.7 Å². The lowest BCUT2D eigenvalue weighted by Crippen LogP contribution is -2.29. The van der Waals surface area contributed by atoms with E-state index in [9.17, 15) is 4.79 Å². The molecule has 0 radical (unpaired) electrons. The first-order valence-corrected chi connectivity index (χ1v) is 8.57. The maximum atomic E-state index is 12.5. The van der Waals surface area contributed by atoms with Crippen LogP contribution in [0, 0.1) is 6.92 Å². The van der Waals surface area contributed by atoms with Gasteiger partial charge in [0, 0.05) is 30.5 Å². The second kappa shape index (κ2) is 6.72. The molecular formula is C19H21N3O3. The van der Waals surface area contributed by atoms with Gasteiger partial charge in [-0.25, -0.2) is 0 Å². The highest BCUT2D eigenvalue weighted by Gasteiger charge is 2.18. The molecule has 6 nitrogen and oxygen atoms in total. The minimum absolute atomic E-state index is 0.122. The Morgan fingerprint density at radius 2 is 2.12 bits per heavy atom. The van der Waals surface area contributed by atoms with Gasteiger partial charge in [-0.05, 0) is 54.8 Å². The number of fused-ring (bicyclic) bond motifs is 2. The van der Waals surface area contributed by atoms with E-state index in [-0.39, 0.29) is 5.91 Å². The van der Waals surface area contributed by atoms with Crippen LogP contribution in [0.2, 0.25) is 0 Å². The first-order valence-electron chi connectivity index (χ1n) is 8.57. The molecule has 2 aromatic rings. The van der Waals surface area contributed by atoms with Gasteiger partial charge in [-0.15, -0.1) is 0 Å². The van der Waals surface area contributed by atoms with Gasteiger partial charge in [0.15, 0.2) is 11.5 Å². The molecule has 1 aromatic heterocycles. The van der Waals surface area contributed by atoms with E-state index in [4.69, 9.17) is 9.47 Å². The Bertz CT molecular complexity index is 820. The SMILES string of the molecule is Cc1ncc2c(c1CNC(=O)c1ccc3c(c1)OCCO3)CCNC2. The van der Waals surface area contributed by atoms with Crippen LogP contribution in [0.25, 0.3) is 0 Å². The summed E-state index contributed by atoms with van der Waals surface area (Å²) >= 11 is 0. The van der Waals surface area contributed by atoms with Crippen molar-refractivity contribution in [3.8, 4) is 11.5 Å². The number of pyridine rings is 1. The highest BCUT2D eigenvalue weighted by molar-refractivity contribution is 5.94. The Morgan fingerprint density at radius 1 is 1.28 bits per heavy atom. The van der Waals surface area contributed by atoms with Crippen LogP contribution in [-0.4, -0.2) is 30.6 Å². The van der Waals surface area contributed by atoms with Crippen LogP contribution >= 0.6 is 0 Å². The lowest BCUT2D eigenvalue weighted by molar-refractivity contribution is 0.0949. The molecule has 1 aromatic carbocycles. The second-order valence-corrected chi connectivity index (χ2v) is 6.29. The maximum Gasteiger partial charge on any atom is 0.251 e. The first-order chi connectivity index (χ1) is 12.2. The van der Waals surface area contributed by atoms with E-state index in [0.717, 1.165) is 30.8 Å². The molecule has 0 atom stereocenters. The highest BCUT2D eigenvalue weighted by atomic mass is 16.6. The van der Waals surface area contributed by atoms with Gasteiger partial charge in [-0.2, -0.15) is 0 Å². The third kappa shape index (κ3) is 3.17. The third-order valence-corrected chi connectivity index (χ3v) is 4.70. The molecule has 4 rings (SSSR count). The predicted molar refractivity (Wildman–Crippen MR) is 93.0 cm³/mol. The summed E-state index contributed by atoms with van der Waals surface area (Å²) in [6.45, 7) is 5.32. The monoisotopic (exact) mass is 339 g/mol. The Hall–Kier alpha value is -2.60. The van der Waals surface area contributed by atoms with Crippen molar-refractivity contribution in [1.82, 2.24) is 15.6 Å². The summed E-state index contributed by atoms with van der Waals surface area (Å²) < 4.78 is 11.0. The summed E-state index contributed by atoms with van der Waals surface area (Å²) in [5.74, 6) is 1.19. The zero-order chi connectivity index (χ0) is 17.2. The number of aryl methyl sites for hydroxylation is 1.